The molecule has 104 valence electrons. The molecule has 0 aliphatic heterocycles. The Kier molecular flexibility index (Phi) is 5.59. The molecular formula is C12H15ClN2O4. The van der Waals surface area contributed by atoms with E-state index >= 15 is 0 Å². The summed E-state index contributed by atoms with van der Waals surface area (Å²) in [6.07, 6.45) is 0. The Hall–Kier alpha value is -1.79. The Balaban J connectivity index is 2.96. The average molecular weight is 287 g/mol. The number of hydrogen-bond acceptors (Lipinski definition) is 3. The first-order valence-corrected chi connectivity index (χ1v) is 6.07. The molecule has 0 aliphatic carbocycles. The van der Waals surface area contributed by atoms with Crippen LogP contribution in [-0.2, 0) is 0 Å². The monoisotopic (exact) mass is 286 g/mol. The fourth-order valence-corrected chi connectivity index (χ4v) is 1.82. The molecule has 1 rings (SSSR count). The number of carbonyl (C=O) groups is 2. The smallest absolute Gasteiger partial charge is 0.339 e. The highest BCUT2D eigenvalue weighted by Gasteiger charge is 2.18. The van der Waals surface area contributed by atoms with Gasteiger partial charge in [0.1, 0.15) is 5.56 Å². The third-order valence-corrected chi connectivity index (χ3v) is 2.82. The van der Waals surface area contributed by atoms with E-state index < -0.39 is 12.0 Å². The Morgan fingerprint density at radius 3 is 2.63 bits per heavy atom. The van der Waals surface area contributed by atoms with Crippen molar-refractivity contribution in [1.82, 2.24) is 4.90 Å². The van der Waals surface area contributed by atoms with Gasteiger partial charge >= 0.3 is 12.0 Å². The predicted octanol–water partition coefficient (Wildman–Crippen LogP) is 1.88. The van der Waals surface area contributed by atoms with Crippen molar-refractivity contribution >= 4 is 29.3 Å². The number of halogens is 1. The van der Waals surface area contributed by atoms with Crippen molar-refractivity contribution in [3.63, 3.8) is 0 Å². The number of carboxylic acids is 1. The molecule has 1 aromatic carbocycles. The Labute approximate surface area is 115 Å². The van der Waals surface area contributed by atoms with Crippen LogP contribution in [0, 0.1) is 0 Å². The number of benzene rings is 1. The highest BCUT2D eigenvalue weighted by Crippen LogP contribution is 2.24. The molecule has 7 heteroatoms. The van der Waals surface area contributed by atoms with Gasteiger partial charge in [-0.15, -0.1) is 0 Å². The van der Waals surface area contributed by atoms with E-state index in [0.29, 0.717) is 6.54 Å². The number of carbonyl (C=O) groups excluding carboxylic acids is 1. The van der Waals surface area contributed by atoms with E-state index in [1.165, 1.54) is 17.0 Å². The second-order valence-corrected chi connectivity index (χ2v) is 4.11. The van der Waals surface area contributed by atoms with Crippen LogP contribution >= 0.6 is 11.6 Å². The van der Waals surface area contributed by atoms with Crippen LogP contribution < -0.4 is 5.32 Å². The Bertz CT molecular complexity index is 479. The van der Waals surface area contributed by atoms with E-state index in [9.17, 15) is 9.59 Å². The summed E-state index contributed by atoms with van der Waals surface area (Å²) in [4.78, 5) is 24.3. The first-order valence-electron chi connectivity index (χ1n) is 5.69. The minimum atomic E-state index is -1.22. The number of hydrogen-bond donors (Lipinski definition) is 3. The lowest BCUT2D eigenvalue weighted by Crippen LogP contribution is -2.37. The van der Waals surface area contributed by atoms with Gasteiger partial charge in [-0.25, -0.2) is 9.59 Å². The summed E-state index contributed by atoms with van der Waals surface area (Å²) in [6, 6.07) is 3.96. The van der Waals surface area contributed by atoms with E-state index in [-0.39, 0.29) is 29.4 Å². The first-order chi connectivity index (χ1) is 9.01. The number of aliphatic hydroxyl groups excluding tert-OH is 1. The molecule has 1 aromatic rings. The van der Waals surface area contributed by atoms with E-state index in [0.717, 1.165) is 0 Å². The highest BCUT2D eigenvalue weighted by molar-refractivity contribution is 6.34. The van der Waals surface area contributed by atoms with Crippen molar-refractivity contribution < 1.29 is 19.8 Å². The van der Waals surface area contributed by atoms with Gasteiger partial charge in [-0.3, -0.25) is 0 Å². The molecule has 0 heterocycles. The van der Waals surface area contributed by atoms with Gasteiger partial charge in [0.25, 0.3) is 0 Å². The summed E-state index contributed by atoms with van der Waals surface area (Å²) in [5, 5.41) is 20.4. The number of likely N-dealkylation sites (N-methyl/N-ethyl adjacent to an activating group) is 1. The van der Waals surface area contributed by atoms with Crippen LogP contribution in [0.15, 0.2) is 18.2 Å². The number of amides is 2. The van der Waals surface area contributed by atoms with Gasteiger partial charge in [-0.2, -0.15) is 0 Å². The molecule has 3 N–H and O–H groups in total. The van der Waals surface area contributed by atoms with Gasteiger partial charge < -0.3 is 20.4 Å². The lowest BCUT2D eigenvalue weighted by atomic mass is 10.2. The van der Waals surface area contributed by atoms with E-state index in [2.05, 4.69) is 5.32 Å². The molecule has 2 amide bonds. The molecule has 6 nitrogen and oxygen atoms in total. The number of nitrogens with one attached hydrogen (secondary N) is 1. The molecule has 0 fully saturated rings. The van der Waals surface area contributed by atoms with Crippen molar-refractivity contribution in [2.24, 2.45) is 0 Å². The maximum absolute atomic E-state index is 11.9. The van der Waals surface area contributed by atoms with Gasteiger partial charge in [-0.1, -0.05) is 17.7 Å². The molecular weight excluding hydrogens is 272 g/mol. The lowest BCUT2D eigenvalue weighted by molar-refractivity contribution is 0.0698. The van der Waals surface area contributed by atoms with Crippen LogP contribution in [0.3, 0.4) is 0 Å². The average Bonchev–Trinajstić information content (AvgIpc) is 2.35. The van der Waals surface area contributed by atoms with Crippen LogP contribution in [-0.4, -0.2) is 46.8 Å². The molecule has 0 saturated carbocycles. The number of aromatic carboxylic acids is 1. The zero-order valence-electron chi connectivity index (χ0n) is 10.4. The van der Waals surface area contributed by atoms with Crippen molar-refractivity contribution in [2.75, 3.05) is 25.0 Å². The summed E-state index contributed by atoms with van der Waals surface area (Å²) < 4.78 is 0. The van der Waals surface area contributed by atoms with Crippen LogP contribution in [0.1, 0.15) is 17.3 Å². The third kappa shape index (κ3) is 3.84. The molecule has 0 unspecified atom stereocenters. The van der Waals surface area contributed by atoms with Crippen LogP contribution in [0.5, 0.6) is 0 Å². The molecule has 0 aliphatic rings. The molecule has 0 radical (unpaired) electrons. The van der Waals surface area contributed by atoms with E-state index in [4.69, 9.17) is 21.8 Å². The Morgan fingerprint density at radius 2 is 2.11 bits per heavy atom. The summed E-state index contributed by atoms with van der Waals surface area (Å²) >= 11 is 5.80. The molecule has 19 heavy (non-hydrogen) atoms. The molecule has 0 atom stereocenters. The van der Waals surface area contributed by atoms with E-state index in [1.54, 1.807) is 13.0 Å². The largest absolute Gasteiger partial charge is 0.478 e. The highest BCUT2D eigenvalue weighted by atomic mass is 35.5. The number of carboxylic acid groups (broad SMARTS) is 1. The van der Waals surface area contributed by atoms with Crippen molar-refractivity contribution in [1.29, 1.82) is 0 Å². The lowest BCUT2D eigenvalue weighted by Gasteiger charge is -2.21. The fraction of sp³-hybridized carbons (Fsp3) is 0.333. The molecule has 0 saturated heterocycles. The van der Waals surface area contributed by atoms with Gasteiger partial charge in [0, 0.05) is 13.1 Å². The number of urea groups is 1. The number of rotatable bonds is 5. The number of nitrogens with zero attached hydrogens (tertiary/aromatic N) is 1. The van der Waals surface area contributed by atoms with Crippen molar-refractivity contribution in [3.05, 3.63) is 28.8 Å². The predicted molar refractivity (Wildman–Crippen MR) is 71.8 cm³/mol. The van der Waals surface area contributed by atoms with E-state index in [1.807, 2.05) is 0 Å². The number of anilines is 1. The maximum Gasteiger partial charge on any atom is 0.339 e. The van der Waals surface area contributed by atoms with Crippen molar-refractivity contribution in [2.45, 2.75) is 6.92 Å². The van der Waals surface area contributed by atoms with Gasteiger partial charge in [-0.05, 0) is 19.1 Å². The van der Waals surface area contributed by atoms with Crippen LogP contribution in [0.4, 0.5) is 10.5 Å². The number of aliphatic hydroxyl groups is 1. The standard InChI is InChI=1S/C12H15ClN2O4/c1-2-15(6-7-16)12(19)14-9-5-3-4-8(13)10(9)11(17)18/h3-5,16H,2,6-7H2,1H3,(H,14,19)(H,17,18). The zero-order valence-corrected chi connectivity index (χ0v) is 11.1. The second-order valence-electron chi connectivity index (χ2n) is 3.70. The van der Waals surface area contributed by atoms with Crippen LogP contribution in [0.2, 0.25) is 5.02 Å². The van der Waals surface area contributed by atoms with Crippen molar-refractivity contribution in [3.8, 4) is 0 Å². The van der Waals surface area contributed by atoms with Crippen LogP contribution in [0.25, 0.3) is 0 Å². The summed E-state index contributed by atoms with van der Waals surface area (Å²) in [7, 11) is 0. The fourth-order valence-electron chi connectivity index (χ4n) is 1.56. The Morgan fingerprint density at radius 1 is 1.42 bits per heavy atom. The SMILES string of the molecule is CCN(CCO)C(=O)Nc1cccc(Cl)c1C(=O)O. The zero-order chi connectivity index (χ0) is 14.4. The summed E-state index contributed by atoms with van der Waals surface area (Å²) in [5.41, 5.74) is -0.0287. The summed E-state index contributed by atoms with van der Waals surface area (Å²) in [6.45, 7) is 2.16. The normalized spacial score (nSPS) is 10.1. The minimum Gasteiger partial charge on any atom is -0.478 e. The topological polar surface area (TPSA) is 89.9 Å². The first kappa shape index (κ1) is 15.3. The van der Waals surface area contributed by atoms with Gasteiger partial charge in [0.15, 0.2) is 0 Å². The summed E-state index contributed by atoms with van der Waals surface area (Å²) in [5.74, 6) is -1.22. The van der Waals surface area contributed by atoms with Gasteiger partial charge in [0.05, 0.1) is 17.3 Å². The quantitative estimate of drug-likeness (QED) is 0.771. The molecule has 0 aromatic heterocycles. The molecule has 0 spiro atoms. The maximum atomic E-state index is 11.9. The molecule has 0 bridgehead atoms. The third-order valence-electron chi connectivity index (χ3n) is 2.51. The van der Waals surface area contributed by atoms with Gasteiger partial charge in [0.2, 0.25) is 0 Å². The second kappa shape index (κ2) is 6.96. The minimum absolute atomic E-state index is 0.0514.